The molecule has 1 atom stereocenters. The molecule has 1 N–H and O–H groups in total. The largest absolute Gasteiger partial charge is 0.394 e. The molecule has 1 unspecified atom stereocenters. The predicted molar refractivity (Wildman–Crippen MR) is 67.9 cm³/mol. The molecule has 1 fully saturated rings. The molecule has 1 saturated heterocycles. The first-order chi connectivity index (χ1) is 8.26. The number of anilines is 1. The number of morpholine rings is 1. The van der Waals surface area contributed by atoms with Crippen molar-refractivity contribution >= 4 is 21.6 Å². The van der Waals surface area contributed by atoms with Gasteiger partial charge in [-0.05, 0) is 28.1 Å². The molecule has 4 nitrogen and oxygen atoms in total. The van der Waals surface area contributed by atoms with Crippen LogP contribution in [0.3, 0.4) is 0 Å². The number of halogens is 1. The van der Waals surface area contributed by atoms with Crippen LogP contribution in [0, 0.1) is 11.3 Å². The number of nitrogens with zero attached hydrogens (tertiary/aromatic N) is 2. The zero-order chi connectivity index (χ0) is 12.3. The fourth-order valence-corrected chi connectivity index (χ4v) is 2.38. The average molecular weight is 297 g/mol. The molecular weight excluding hydrogens is 284 g/mol. The van der Waals surface area contributed by atoms with Crippen molar-refractivity contribution in [1.82, 2.24) is 0 Å². The Kier molecular flexibility index (Phi) is 4.00. The van der Waals surface area contributed by atoms with Gasteiger partial charge in [0.2, 0.25) is 0 Å². The molecule has 1 aromatic rings. The Hall–Kier alpha value is -1.09. The molecule has 17 heavy (non-hydrogen) atoms. The van der Waals surface area contributed by atoms with Crippen molar-refractivity contribution in [3.63, 3.8) is 0 Å². The maximum Gasteiger partial charge on any atom is 0.103 e. The van der Waals surface area contributed by atoms with Crippen molar-refractivity contribution in [1.29, 1.82) is 5.26 Å². The minimum absolute atomic E-state index is 0.00634. The van der Waals surface area contributed by atoms with Gasteiger partial charge in [0, 0.05) is 17.6 Å². The van der Waals surface area contributed by atoms with Crippen LogP contribution in [0.2, 0.25) is 0 Å². The van der Waals surface area contributed by atoms with E-state index in [1.807, 2.05) is 18.2 Å². The van der Waals surface area contributed by atoms with E-state index in [9.17, 15) is 0 Å². The minimum Gasteiger partial charge on any atom is -0.394 e. The first kappa shape index (κ1) is 12.4. The van der Waals surface area contributed by atoms with Crippen molar-refractivity contribution in [2.24, 2.45) is 0 Å². The van der Waals surface area contributed by atoms with Crippen LogP contribution in [0.5, 0.6) is 0 Å². The van der Waals surface area contributed by atoms with Crippen LogP contribution in [-0.4, -0.2) is 37.5 Å². The van der Waals surface area contributed by atoms with Gasteiger partial charge in [-0.25, -0.2) is 0 Å². The number of rotatable bonds is 2. The molecule has 5 heteroatoms. The summed E-state index contributed by atoms with van der Waals surface area (Å²) in [4.78, 5) is 2.08. The molecule has 0 radical (unpaired) electrons. The molecule has 0 amide bonds. The summed E-state index contributed by atoms with van der Waals surface area (Å²) >= 11 is 3.38. The van der Waals surface area contributed by atoms with Crippen LogP contribution < -0.4 is 4.90 Å². The predicted octanol–water partition coefficient (Wildman–Crippen LogP) is 1.52. The number of aliphatic hydroxyl groups excluding tert-OH is 1. The van der Waals surface area contributed by atoms with E-state index >= 15 is 0 Å². The minimum atomic E-state index is -0.172. The number of aliphatic hydroxyl groups is 1. The van der Waals surface area contributed by atoms with Crippen molar-refractivity contribution < 1.29 is 9.84 Å². The second-order valence-corrected chi connectivity index (χ2v) is 4.72. The molecule has 0 aliphatic carbocycles. The first-order valence-corrected chi connectivity index (χ1v) is 6.21. The Balaban J connectivity index is 2.28. The van der Waals surface area contributed by atoms with Gasteiger partial charge in [-0.3, -0.25) is 0 Å². The maximum atomic E-state index is 9.17. The third-order valence-electron chi connectivity index (χ3n) is 2.79. The molecule has 0 saturated carbocycles. The number of ether oxygens (including phenoxy) is 1. The highest BCUT2D eigenvalue weighted by Gasteiger charge is 2.22. The number of hydrogen-bond donors (Lipinski definition) is 1. The number of nitriles is 1. The fraction of sp³-hybridized carbons (Fsp3) is 0.417. The Labute approximate surface area is 109 Å². The second-order valence-electron chi connectivity index (χ2n) is 3.87. The normalized spacial score (nSPS) is 20.1. The molecule has 1 aliphatic rings. The highest BCUT2D eigenvalue weighted by molar-refractivity contribution is 9.10. The van der Waals surface area contributed by atoms with E-state index in [0.717, 1.165) is 16.7 Å². The second kappa shape index (κ2) is 5.50. The summed E-state index contributed by atoms with van der Waals surface area (Å²) in [5.41, 5.74) is 1.52. The molecule has 1 aliphatic heterocycles. The lowest BCUT2D eigenvalue weighted by atomic mass is 10.1. The average Bonchev–Trinajstić information content (AvgIpc) is 2.38. The van der Waals surface area contributed by atoms with Crippen molar-refractivity contribution in [2.75, 3.05) is 31.2 Å². The zero-order valence-corrected chi connectivity index (χ0v) is 10.9. The summed E-state index contributed by atoms with van der Waals surface area (Å²) < 4.78 is 6.19. The molecule has 0 bridgehead atoms. The van der Waals surface area contributed by atoms with Gasteiger partial charge in [0.15, 0.2) is 0 Å². The summed E-state index contributed by atoms with van der Waals surface area (Å²) in [6.45, 7) is 1.93. The van der Waals surface area contributed by atoms with Crippen molar-refractivity contribution in [2.45, 2.75) is 6.10 Å². The standard InChI is InChI=1S/C12H13BrN2O2/c13-11-2-1-3-12(10(11)6-14)15-4-5-17-9(7-15)8-16/h1-3,9,16H,4-5,7-8H2. The van der Waals surface area contributed by atoms with E-state index in [0.29, 0.717) is 18.7 Å². The number of benzene rings is 1. The first-order valence-electron chi connectivity index (χ1n) is 5.42. The molecular formula is C12H13BrN2O2. The van der Waals surface area contributed by atoms with E-state index in [2.05, 4.69) is 26.9 Å². The van der Waals surface area contributed by atoms with Gasteiger partial charge in [0.05, 0.1) is 30.6 Å². The zero-order valence-electron chi connectivity index (χ0n) is 9.27. The highest BCUT2D eigenvalue weighted by atomic mass is 79.9. The topological polar surface area (TPSA) is 56.5 Å². The third-order valence-corrected chi connectivity index (χ3v) is 3.45. The van der Waals surface area contributed by atoms with Crippen LogP contribution in [0.25, 0.3) is 0 Å². The molecule has 90 valence electrons. The van der Waals surface area contributed by atoms with E-state index in [-0.39, 0.29) is 12.7 Å². The van der Waals surface area contributed by atoms with Crippen LogP contribution >= 0.6 is 15.9 Å². The Morgan fingerprint density at radius 1 is 1.59 bits per heavy atom. The quantitative estimate of drug-likeness (QED) is 0.899. The van der Waals surface area contributed by atoms with Gasteiger partial charge in [-0.2, -0.15) is 5.26 Å². The monoisotopic (exact) mass is 296 g/mol. The van der Waals surface area contributed by atoms with Gasteiger partial charge in [0.1, 0.15) is 6.07 Å². The summed E-state index contributed by atoms with van der Waals surface area (Å²) in [6.07, 6.45) is -0.172. The van der Waals surface area contributed by atoms with Gasteiger partial charge in [0.25, 0.3) is 0 Å². The van der Waals surface area contributed by atoms with Crippen LogP contribution in [0.1, 0.15) is 5.56 Å². The Morgan fingerprint density at radius 2 is 2.41 bits per heavy atom. The van der Waals surface area contributed by atoms with Gasteiger partial charge < -0.3 is 14.7 Å². The summed E-state index contributed by atoms with van der Waals surface area (Å²) in [7, 11) is 0. The lowest BCUT2D eigenvalue weighted by Crippen LogP contribution is -2.44. The van der Waals surface area contributed by atoms with Crippen LogP contribution in [0.4, 0.5) is 5.69 Å². The molecule has 0 aromatic heterocycles. The maximum absolute atomic E-state index is 9.17. The van der Waals surface area contributed by atoms with Gasteiger partial charge >= 0.3 is 0 Å². The summed E-state index contributed by atoms with van der Waals surface area (Å²) in [5, 5.41) is 18.3. The van der Waals surface area contributed by atoms with E-state index < -0.39 is 0 Å². The highest BCUT2D eigenvalue weighted by Crippen LogP contribution is 2.28. The van der Waals surface area contributed by atoms with E-state index in [1.54, 1.807) is 0 Å². The smallest absolute Gasteiger partial charge is 0.103 e. The summed E-state index contributed by atoms with van der Waals surface area (Å²) in [5.74, 6) is 0. The lowest BCUT2D eigenvalue weighted by Gasteiger charge is -2.34. The Bertz CT molecular complexity index is 445. The summed E-state index contributed by atoms with van der Waals surface area (Å²) in [6, 6.07) is 7.88. The van der Waals surface area contributed by atoms with Gasteiger partial charge in [-0.15, -0.1) is 0 Å². The van der Waals surface area contributed by atoms with Gasteiger partial charge in [-0.1, -0.05) is 6.07 Å². The van der Waals surface area contributed by atoms with Crippen molar-refractivity contribution in [3.05, 3.63) is 28.2 Å². The molecule has 0 spiro atoms. The molecule has 1 aromatic carbocycles. The third kappa shape index (κ3) is 2.60. The molecule has 2 rings (SSSR count). The van der Waals surface area contributed by atoms with E-state index in [1.165, 1.54) is 0 Å². The molecule has 1 heterocycles. The van der Waals surface area contributed by atoms with E-state index in [4.69, 9.17) is 15.1 Å². The van der Waals surface area contributed by atoms with Crippen LogP contribution in [-0.2, 0) is 4.74 Å². The lowest BCUT2D eigenvalue weighted by molar-refractivity contribution is 0.00355. The van der Waals surface area contributed by atoms with Crippen LogP contribution in [0.15, 0.2) is 22.7 Å². The Morgan fingerprint density at radius 3 is 3.12 bits per heavy atom. The fourth-order valence-electron chi connectivity index (χ4n) is 1.94. The SMILES string of the molecule is N#Cc1c(Br)cccc1N1CCOC(CO)C1. The van der Waals surface area contributed by atoms with Crippen molar-refractivity contribution in [3.8, 4) is 6.07 Å². The number of hydrogen-bond acceptors (Lipinski definition) is 4.